The first-order chi connectivity index (χ1) is 14.9. The van der Waals surface area contributed by atoms with Crippen molar-refractivity contribution in [2.24, 2.45) is 0 Å². The van der Waals surface area contributed by atoms with Crippen molar-refractivity contribution >= 4 is 40.9 Å². The van der Waals surface area contributed by atoms with Crippen LogP contribution >= 0.6 is 23.4 Å². The molecule has 0 fully saturated rings. The number of hydrogen-bond acceptors (Lipinski definition) is 4. The lowest BCUT2D eigenvalue weighted by Gasteiger charge is -2.15. The summed E-state index contributed by atoms with van der Waals surface area (Å²) < 4.78 is 0. The normalized spacial score (nSPS) is 13.8. The van der Waals surface area contributed by atoms with Crippen LogP contribution in [0, 0.1) is 13.8 Å². The van der Waals surface area contributed by atoms with Crippen molar-refractivity contribution in [3.8, 4) is 0 Å². The van der Waals surface area contributed by atoms with Gasteiger partial charge in [-0.15, -0.1) is 0 Å². The molecule has 1 heterocycles. The van der Waals surface area contributed by atoms with Crippen molar-refractivity contribution < 1.29 is 9.59 Å². The van der Waals surface area contributed by atoms with E-state index < -0.39 is 0 Å². The van der Waals surface area contributed by atoms with Gasteiger partial charge in [-0.3, -0.25) is 14.5 Å². The highest BCUT2D eigenvalue weighted by molar-refractivity contribution is 8.04. The molecule has 2 amide bonds. The lowest BCUT2D eigenvalue weighted by Crippen LogP contribution is -2.31. The molecule has 0 saturated carbocycles. The van der Waals surface area contributed by atoms with Crippen molar-refractivity contribution in [1.29, 1.82) is 0 Å². The zero-order valence-electron chi connectivity index (χ0n) is 17.2. The molecule has 0 aliphatic carbocycles. The summed E-state index contributed by atoms with van der Waals surface area (Å²) in [6.07, 6.45) is 0. The van der Waals surface area contributed by atoms with E-state index in [-0.39, 0.29) is 18.4 Å². The van der Waals surface area contributed by atoms with E-state index in [0.717, 1.165) is 27.3 Å². The van der Waals surface area contributed by atoms with Gasteiger partial charge in [-0.05, 0) is 66.9 Å². The van der Waals surface area contributed by atoms with Gasteiger partial charge < -0.3 is 5.32 Å². The van der Waals surface area contributed by atoms with E-state index in [1.165, 1.54) is 16.7 Å². The van der Waals surface area contributed by atoms with E-state index in [1.807, 2.05) is 74.5 Å². The van der Waals surface area contributed by atoms with Gasteiger partial charge in [-0.2, -0.15) is 0 Å². The fraction of sp³-hybridized carbons (Fsp3) is 0.120. The zero-order valence-corrected chi connectivity index (χ0v) is 18.8. The summed E-state index contributed by atoms with van der Waals surface area (Å²) in [5, 5.41) is 3.82. The van der Waals surface area contributed by atoms with Crippen LogP contribution in [-0.2, 0) is 16.1 Å². The first kappa shape index (κ1) is 21.2. The van der Waals surface area contributed by atoms with Gasteiger partial charge in [-0.1, -0.05) is 59.8 Å². The van der Waals surface area contributed by atoms with Crippen molar-refractivity contribution in [1.82, 2.24) is 4.90 Å². The van der Waals surface area contributed by atoms with Crippen LogP contribution < -0.4 is 5.32 Å². The second-order valence-corrected chi connectivity index (χ2v) is 8.89. The van der Waals surface area contributed by atoms with Gasteiger partial charge in [0.25, 0.3) is 11.8 Å². The largest absolute Gasteiger partial charge is 0.350 e. The zero-order chi connectivity index (χ0) is 22.0. The monoisotopic (exact) mass is 448 g/mol. The summed E-state index contributed by atoms with van der Waals surface area (Å²) in [7, 11) is 0. The summed E-state index contributed by atoms with van der Waals surface area (Å²) in [4.78, 5) is 29.1. The summed E-state index contributed by atoms with van der Waals surface area (Å²) in [6.45, 7) is 4.27. The van der Waals surface area contributed by atoms with Crippen LogP contribution in [0.2, 0.25) is 5.02 Å². The van der Waals surface area contributed by atoms with Gasteiger partial charge in [0.15, 0.2) is 0 Å². The van der Waals surface area contributed by atoms with Crippen LogP contribution in [-0.4, -0.2) is 16.7 Å². The van der Waals surface area contributed by atoms with Crippen LogP contribution in [0.4, 0.5) is 5.69 Å². The van der Waals surface area contributed by atoms with Crippen LogP contribution in [0.3, 0.4) is 0 Å². The quantitative estimate of drug-likeness (QED) is 0.474. The number of nitrogens with one attached hydrogen (secondary N) is 1. The molecule has 6 heteroatoms. The molecule has 0 aromatic heterocycles. The van der Waals surface area contributed by atoms with Crippen molar-refractivity contribution in [2.45, 2.75) is 25.3 Å². The molecule has 3 aromatic carbocycles. The second-order valence-electron chi connectivity index (χ2n) is 7.37. The molecule has 4 nitrogen and oxygen atoms in total. The third kappa shape index (κ3) is 4.68. The van der Waals surface area contributed by atoms with E-state index in [4.69, 9.17) is 11.6 Å². The summed E-state index contributed by atoms with van der Waals surface area (Å²) in [6, 6.07) is 22.6. The number of halogens is 1. The van der Waals surface area contributed by atoms with E-state index in [0.29, 0.717) is 15.6 Å². The standard InChI is InChI=1S/C25H21ClN2O2S/c1-16-8-11-20(14-17(16)2)27-22-23(31-21-12-9-19(26)10-13-21)25(30)28(24(22)29)15-18-6-4-3-5-7-18/h3-14,27H,15H2,1-2H3. The number of carbonyl (C=O) groups is 2. The molecule has 156 valence electrons. The maximum Gasteiger partial charge on any atom is 0.278 e. The first-order valence-electron chi connectivity index (χ1n) is 9.84. The van der Waals surface area contributed by atoms with Crippen LogP contribution in [0.1, 0.15) is 16.7 Å². The predicted octanol–water partition coefficient (Wildman–Crippen LogP) is 5.94. The lowest BCUT2D eigenvalue weighted by atomic mass is 10.1. The van der Waals surface area contributed by atoms with Crippen LogP contribution in [0.15, 0.2) is 88.3 Å². The molecule has 0 spiro atoms. The fourth-order valence-corrected chi connectivity index (χ4v) is 4.32. The Morgan fingerprint density at radius 3 is 2.26 bits per heavy atom. The Kier molecular flexibility index (Phi) is 6.16. The molecule has 3 aromatic rings. The van der Waals surface area contributed by atoms with Gasteiger partial charge in [-0.25, -0.2) is 0 Å². The molecular formula is C25H21ClN2O2S. The van der Waals surface area contributed by atoms with E-state index in [1.54, 1.807) is 12.1 Å². The number of imide groups is 1. The van der Waals surface area contributed by atoms with Crippen molar-refractivity contribution in [3.63, 3.8) is 0 Å². The third-order valence-electron chi connectivity index (χ3n) is 5.12. The van der Waals surface area contributed by atoms with Crippen molar-refractivity contribution in [3.05, 3.63) is 105 Å². The molecule has 0 saturated heterocycles. The maximum absolute atomic E-state index is 13.3. The number of benzene rings is 3. The predicted molar refractivity (Wildman–Crippen MR) is 126 cm³/mol. The van der Waals surface area contributed by atoms with Gasteiger partial charge in [0.1, 0.15) is 10.6 Å². The minimum absolute atomic E-state index is 0.224. The number of aryl methyl sites for hydroxylation is 2. The highest BCUT2D eigenvalue weighted by Crippen LogP contribution is 2.37. The number of anilines is 1. The molecule has 1 N–H and O–H groups in total. The molecule has 4 rings (SSSR count). The highest BCUT2D eigenvalue weighted by Gasteiger charge is 2.39. The molecule has 1 aliphatic rings. The Morgan fingerprint density at radius 1 is 0.871 bits per heavy atom. The van der Waals surface area contributed by atoms with E-state index in [2.05, 4.69) is 5.32 Å². The third-order valence-corrected chi connectivity index (χ3v) is 6.46. The second kappa shape index (κ2) is 9.00. The first-order valence-corrected chi connectivity index (χ1v) is 11.0. The smallest absolute Gasteiger partial charge is 0.278 e. The number of thioether (sulfide) groups is 1. The molecule has 31 heavy (non-hydrogen) atoms. The Balaban J connectivity index is 1.68. The topological polar surface area (TPSA) is 49.4 Å². The summed E-state index contributed by atoms with van der Waals surface area (Å²) >= 11 is 7.26. The van der Waals surface area contributed by atoms with Crippen LogP contribution in [0.5, 0.6) is 0 Å². The molecule has 1 aliphatic heterocycles. The van der Waals surface area contributed by atoms with Gasteiger partial charge >= 0.3 is 0 Å². The van der Waals surface area contributed by atoms with Gasteiger partial charge in [0.2, 0.25) is 0 Å². The molecule has 0 radical (unpaired) electrons. The number of rotatable bonds is 6. The summed E-state index contributed by atoms with van der Waals surface area (Å²) in [5.74, 6) is -0.635. The van der Waals surface area contributed by atoms with Crippen LogP contribution in [0.25, 0.3) is 0 Å². The Bertz CT molecular complexity index is 1170. The number of carbonyl (C=O) groups excluding carboxylic acids is 2. The highest BCUT2D eigenvalue weighted by atomic mass is 35.5. The lowest BCUT2D eigenvalue weighted by molar-refractivity contribution is -0.137. The van der Waals surface area contributed by atoms with E-state index >= 15 is 0 Å². The molecule has 0 atom stereocenters. The van der Waals surface area contributed by atoms with E-state index in [9.17, 15) is 9.59 Å². The SMILES string of the molecule is Cc1ccc(NC2=C(Sc3ccc(Cl)cc3)C(=O)N(Cc3ccccc3)C2=O)cc1C. The minimum Gasteiger partial charge on any atom is -0.350 e. The minimum atomic E-state index is -0.330. The van der Waals surface area contributed by atoms with Crippen molar-refractivity contribution in [2.75, 3.05) is 5.32 Å². The maximum atomic E-state index is 13.3. The Labute approximate surface area is 190 Å². The van der Waals surface area contributed by atoms with Gasteiger partial charge in [0.05, 0.1) is 6.54 Å². The number of hydrogen-bond donors (Lipinski definition) is 1. The molecular weight excluding hydrogens is 428 g/mol. The molecule has 0 unspecified atom stereocenters. The fourth-order valence-electron chi connectivity index (χ4n) is 3.25. The number of amides is 2. The number of nitrogens with zero attached hydrogens (tertiary/aromatic N) is 1. The molecule has 0 bridgehead atoms. The Morgan fingerprint density at radius 2 is 1.58 bits per heavy atom. The average molecular weight is 449 g/mol. The summed E-state index contributed by atoms with van der Waals surface area (Å²) in [5.41, 5.74) is 4.23. The average Bonchev–Trinajstić information content (AvgIpc) is 2.97. The van der Waals surface area contributed by atoms with Gasteiger partial charge in [0, 0.05) is 15.6 Å². The Hall–Kier alpha value is -3.02.